The molecule has 6 heteroatoms. The molecular weight excluding hydrogens is 441 g/mol. The number of aliphatic imine (C=N–C) groups is 1. The highest BCUT2D eigenvalue weighted by Crippen LogP contribution is 2.08. The summed E-state index contributed by atoms with van der Waals surface area (Å²) in [6, 6.07) is 12.2. The molecule has 2 rings (SSSR count). The summed E-state index contributed by atoms with van der Waals surface area (Å²) in [6.07, 6.45) is 3.49. The Morgan fingerprint density at radius 1 is 1.12 bits per heavy atom. The average molecular weight is 471 g/mol. The molecule has 0 fully saturated rings. The molecule has 1 aromatic heterocycles. The van der Waals surface area contributed by atoms with E-state index in [1.807, 2.05) is 19.1 Å². The van der Waals surface area contributed by atoms with Crippen LogP contribution in [0, 0.1) is 6.92 Å². The van der Waals surface area contributed by atoms with Crippen LogP contribution in [0.2, 0.25) is 0 Å². The Morgan fingerprint density at radius 3 is 2.65 bits per heavy atom. The van der Waals surface area contributed by atoms with E-state index in [1.165, 1.54) is 11.1 Å². The van der Waals surface area contributed by atoms with Crippen molar-refractivity contribution in [3.8, 4) is 0 Å². The van der Waals surface area contributed by atoms with Gasteiger partial charge in [0, 0.05) is 32.7 Å². The molecule has 5 nitrogen and oxygen atoms in total. The molecule has 0 amide bonds. The van der Waals surface area contributed by atoms with Gasteiger partial charge < -0.3 is 19.8 Å². The summed E-state index contributed by atoms with van der Waals surface area (Å²) in [5.74, 6) is 1.80. The summed E-state index contributed by atoms with van der Waals surface area (Å²) in [5, 5.41) is 6.75. The van der Waals surface area contributed by atoms with Gasteiger partial charge in [0.1, 0.15) is 5.76 Å². The van der Waals surface area contributed by atoms with Crippen LogP contribution < -0.4 is 10.6 Å². The monoisotopic (exact) mass is 471 g/mol. The van der Waals surface area contributed by atoms with Crippen molar-refractivity contribution in [2.75, 3.05) is 26.3 Å². The van der Waals surface area contributed by atoms with E-state index < -0.39 is 0 Å². The second-order valence-electron chi connectivity index (χ2n) is 5.82. The molecule has 0 aliphatic carbocycles. The van der Waals surface area contributed by atoms with Gasteiger partial charge in [0.25, 0.3) is 0 Å². The molecule has 1 aromatic carbocycles. The van der Waals surface area contributed by atoms with Crippen LogP contribution in [-0.2, 0) is 17.7 Å². The molecular formula is C20H30IN3O2. The Balaban J connectivity index is 0.00000338. The van der Waals surface area contributed by atoms with Crippen molar-refractivity contribution in [3.63, 3.8) is 0 Å². The Morgan fingerprint density at radius 2 is 1.92 bits per heavy atom. The number of furan rings is 1. The van der Waals surface area contributed by atoms with Gasteiger partial charge in [-0.05, 0) is 43.5 Å². The summed E-state index contributed by atoms with van der Waals surface area (Å²) in [4.78, 5) is 4.71. The molecule has 2 aromatic rings. The number of aryl methyl sites for hydroxylation is 1. The van der Waals surface area contributed by atoms with E-state index in [1.54, 1.807) is 6.26 Å². The van der Waals surface area contributed by atoms with Crippen molar-refractivity contribution in [1.29, 1.82) is 0 Å². The van der Waals surface area contributed by atoms with Gasteiger partial charge in [0.15, 0.2) is 5.96 Å². The first-order chi connectivity index (χ1) is 12.3. The van der Waals surface area contributed by atoms with Crippen LogP contribution >= 0.6 is 24.0 Å². The lowest BCUT2D eigenvalue weighted by molar-refractivity contribution is 0.145. The zero-order valence-corrected chi connectivity index (χ0v) is 18.0. The quantitative estimate of drug-likeness (QED) is 0.239. The number of nitrogens with one attached hydrogen (secondary N) is 2. The smallest absolute Gasteiger partial charge is 0.191 e. The van der Waals surface area contributed by atoms with Crippen LogP contribution in [0.25, 0.3) is 0 Å². The highest BCUT2D eigenvalue weighted by molar-refractivity contribution is 14.0. The standard InChI is InChI=1S/C20H29N3O2.HI/c1-3-24-14-7-12-21-20(22-13-11-19-10-6-15-25-19)23-16-18-9-5-4-8-17(18)2;/h4-6,8-10,15H,3,7,11-14,16H2,1-2H3,(H2,21,22,23);1H. The number of rotatable bonds is 10. The number of halogens is 1. The number of nitrogens with zero attached hydrogens (tertiary/aromatic N) is 1. The predicted octanol–water partition coefficient (Wildman–Crippen LogP) is 3.91. The number of ether oxygens (including phenoxy) is 1. The fraction of sp³-hybridized carbons (Fsp3) is 0.450. The first kappa shape index (κ1) is 22.5. The van der Waals surface area contributed by atoms with Crippen molar-refractivity contribution in [2.24, 2.45) is 4.99 Å². The minimum atomic E-state index is 0. The van der Waals surface area contributed by atoms with Crippen molar-refractivity contribution >= 4 is 29.9 Å². The van der Waals surface area contributed by atoms with Crippen LogP contribution in [0.4, 0.5) is 0 Å². The number of hydrogen-bond donors (Lipinski definition) is 2. The number of benzene rings is 1. The molecule has 0 spiro atoms. The van der Waals surface area contributed by atoms with Crippen molar-refractivity contribution in [1.82, 2.24) is 10.6 Å². The second-order valence-corrected chi connectivity index (χ2v) is 5.82. The molecule has 0 atom stereocenters. The van der Waals surface area contributed by atoms with E-state index >= 15 is 0 Å². The van der Waals surface area contributed by atoms with Gasteiger partial charge in [-0.1, -0.05) is 24.3 Å². The fourth-order valence-electron chi connectivity index (χ4n) is 2.41. The maximum atomic E-state index is 5.38. The third-order valence-electron chi connectivity index (χ3n) is 3.87. The van der Waals surface area contributed by atoms with Crippen molar-refractivity contribution in [2.45, 2.75) is 33.2 Å². The molecule has 0 unspecified atom stereocenters. The van der Waals surface area contributed by atoms with Gasteiger partial charge in [0.2, 0.25) is 0 Å². The Kier molecular flexibility index (Phi) is 11.8. The van der Waals surface area contributed by atoms with Crippen molar-refractivity contribution < 1.29 is 9.15 Å². The van der Waals surface area contributed by atoms with E-state index in [-0.39, 0.29) is 24.0 Å². The molecule has 0 aliphatic heterocycles. The lowest BCUT2D eigenvalue weighted by atomic mass is 10.1. The SMILES string of the molecule is CCOCCCNC(=NCc1ccccc1C)NCCc1ccco1.I. The van der Waals surface area contributed by atoms with Crippen LogP contribution in [0.3, 0.4) is 0 Å². The van der Waals surface area contributed by atoms with Crippen LogP contribution in [0.5, 0.6) is 0 Å². The van der Waals surface area contributed by atoms with E-state index in [9.17, 15) is 0 Å². The molecule has 0 saturated heterocycles. The Hall–Kier alpha value is -1.54. The van der Waals surface area contributed by atoms with Gasteiger partial charge in [0.05, 0.1) is 12.8 Å². The van der Waals surface area contributed by atoms with E-state index in [4.69, 9.17) is 14.1 Å². The normalized spacial score (nSPS) is 11.1. The van der Waals surface area contributed by atoms with Crippen molar-refractivity contribution in [3.05, 3.63) is 59.5 Å². The lowest BCUT2D eigenvalue weighted by Gasteiger charge is -2.13. The summed E-state index contributed by atoms with van der Waals surface area (Å²) < 4.78 is 10.7. The number of hydrogen-bond acceptors (Lipinski definition) is 3. The van der Waals surface area contributed by atoms with E-state index in [2.05, 4.69) is 41.8 Å². The molecule has 0 bridgehead atoms. The molecule has 144 valence electrons. The summed E-state index contributed by atoms with van der Waals surface area (Å²) in [5.41, 5.74) is 2.50. The molecule has 1 heterocycles. The lowest BCUT2D eigenvalue weighted by Crippen LogP contribution is -2.39. The topological polar surface area (TPSA) is 58.8 Å². The predicted molar refractivity (Wildman–Crippen MR) is 117 cm³/mol. The molecule has 0 aliphatic rings. The van der Waals surface area contributed by atoms with Crippen LogP contribution in [0.1, 0.15) is 30.2 Å². The first-order valence-electron chi connectivity index (χ1n) is 8.96. The van der Waals surface area contributed by atoms with E-state index in [0.717, 1.165) is 50.9 Å². The van der Waals surface area contributed by atoms with Gasteiger partial charge in [-0.25, -0.2) is 4.99 Å². The third-order valence-corrected chi connectivity index (χ3v) is 3.87. The second kappa shape index (κ2) is 13.6. The minimum Gasteiger partial charge on any atom is -0.469 e. The molecule has 0 saturated carbocycles. The maximum absolute atomic E-state index is 5.38. The van der Waals surface area contributed by atoms with Gasteiger partial charge in [-0.2, -0.15) is 0 Å². The number of guanidine groups is 1. The summed E-state index contributed by atoms with van der Waals surface area (Å²) in [7, 11) is 0. The summed E-state index contributed by atoms with van der Waals surface area (Å²) >= 11 is 0. The van der Waals surface area contributed by atoms with Gasteiger partial charge >= 0.3 is 0 Å². The zero-order chi connectivity index (χ0) is 17.7. The molecule has 26 heavy (non-hydrogen) atoms. The fourth-order valence-corrected chi connectivity index (χ4v) is 2.41. The molecule has 2 N–H and O–H groups in total. The maximum Gasteiger partial charge on any atom is 0.191 e. The van der Waals surface area contributed by atoms with Crippen LogP contribution in [-0.4, -0.2) is 32.3 Å². The average Bonchev–Trinajstić information content (AvgIpc) is 3.13. The highest BCUT2D eigenvalue weighted by atomic mass is 127. The molecule has 0 radical (unpaired) electrons. The van der Waals surface area contributed by atoms with Crippen LogP contribution in [0.15, 0.2) is 52.1 Å². The minimum absolute atomic E-state index is 0. The first-order valence-corrected chi connectivity index (χ1v) is 8.96. The Labute approximate surface area is 173 Å². The largest absolute Gasteiger partial charge is 0.469 e. The van der Waals surface area contributed by atoms with E-state index in [0.29, 0.717) is 6.54 Å². The third kappa shape index (κ3) is 8.71. The van der Waals surface area contributed by atoms with Gasteiger partial charge in [-0.3, -0.25) is 0 Å². The Bertz CT molecular complexity index is 630. The highest BCUT2D eigenvalue weighted by Gasteiger charge is 2.02. The zero-order valence-electron chi connectivity index (χ0n) is 15.7. The van der Waals surface area contributed by atoms with Gasteiger partial charge in [-0.15, -0.1) is 24.0 Å². The summed E-state index contributed by atoms with van der Waals surface area (Å²) in [6.45, 7) is 7.92.